The van der Waals surface area contributed by atoms with Gasteiger partial charge in [-0.25, -0.2) is 13.4 Å². The first-order chi connectivity index (χ1) is 9.68. The van der Waals surface area contributed by atoms with Gasteiger partial charge in [-0.05, 0) is 36.4 Å². The van der Waals surface area contributed by atoms with Gasteiger partial charge < -0.3 is 0 Å². The van der Waals surface area contributed by atoms with Crippen LogP contribution in [0.2, 0.25) is 5.15 Å². The molecule has 0 unspecified atom stereocenters. The van der Waals surface area contributed by atoms with Gasteiger partial charge in [0.2, 0.25) is 0 Å². The average Bonchev–Trinajstić information content (AvgIpc) is 2.38. The smallest absolute Gasteiger partial charge is 0.280 e. The third kappa shape index (κ3) is 3.85. The molecular formula is C12H8ClF3N2O2S. The molecule has 0 amide bonds. The van der Waals surface area contributed by atoms with E-state index in [0.29, 0.717) is 0 Å². The van der Waals surface area contributed by atoms with Crippen LogP contribution in [0.5, 0.6) is 0 Å². The van der Waals surface area contributed by atoms with Crippen LogP contribution < -0.4 is 4.72 Å². The molecular weight excluding hydrogens is 329 g/mol. The minimum Gasteiger partial charge on any atom is -0.280 e. The third-order valence-electron chi connectivity index (χ3n) is 2.47. The monoisotopic (exact) mass is 336 g/mol. The number of hydrogen-bond acceptors (Lipinski definition) is 3. The number of benzene rings is 1. The second kappa shape index (κ2) is 5.53. The van der Waals surface area contributed by atoms with Gasteiger partial charge in [-0.3, -0.25) is 4.72 Å². The van der Waals surface area contributed by atoms with Crippen molar-refractivity contribution in [2.45, 2.75) is 11.1 Å². The Hall–Kier alpha value is -1.80. The number of sulfonamides is 1. The predicted molar refractivity (Wildman–Crippen MR) is 71.5 cm³/mol. The molecule has 0 radical (unpaired) electrons. The Morgan fingerprint density at radius 1 is 1.10 bits per heavy atom. The fraction of sp³-hybridized carbons (Fsp3) is 0.0833. The Bertz CT molecular complexity index is 746. The minimum atomic E-state index is -4.48. The van der Waals surface area contributed by atoms with Crippen molar-refractivity contribution in [1.82, 2.24) is 4.98 Å². The van der Waals surface area contributed by atoms with E-state index in [1.807, 2.05) is 0 Å². The van der Waals surface area contributed by atoms with Crippen molar-refractivity contribution in [3.05, 3.63) is 53.3 Å². The lowest BCUT2D eigenvalue weighted by Crippen LogP contribution is -2.13. The molecule has 9 heteroatoms. The Balaban J connectivity index is 2.25. The maximum Gasteiger partial charge on any atom is 0.416 e. The molecule has 112 valence electrons. The van der Waals surface area contributed by atoms with Crippen LogP contribution in [-0.4, -0.2) is 13.4 Å². The first-order valence-electron chi connectivity index (χ1n) is 5.50. The zero-order valence-electron chi connectivity index (χ0n) is 10.2. The molecule has 0 bridgehead atoms. The topological polar surface area (TPSA) is 59.1 Å². The molecule has 0 aliphatic carbocycles. The summed E-state index contributed by atoms with van der Waals surface area (Å²) in [7, 11) is -3.94. The normalized spacial score (nSPS) is 12.2. The quantitative estimate of drug-likeness (QED) is 0.872. The second-order valence-electron chi connectivity index (χ2n) is 3.99. The van der Waals surface area contributed by atoms with Crippen molar-refractivity contribution in [3.63, 3.8) is 0 Å². The van der Waals surface area contributed by atoms with Crippen molar-refractivity contribution in [3.8, 4) is 0 Å². The van der Waals surface area contributed by atoms with Crippen LogP contribution in [0.25, 0.3) is 0 Å². The minimum absolute atomic E-state index is 0.00899. The molecule has 0 saturated heterocycles. The van der Waals surface area contributed by atoms with E-state index >= 15 is 0 Å². The van der Waals surface area contributed by atoms with Gasteiger partial charge in [0.1, 0.15) is 5.15 Å². The van der Waals surface area contributed by atoms with E-state index in [4.69, 9.17) is 11.6 Å². The number of aromatic nitrogens is 1. The molecule has 2 aromatic rings. The lowest BCUT2D eigenvalue weighted by Gasteiger charge is -2.10. The molecule has 1 N–H and O–H groups in total. The largest absolute Gasteiger partial charge is 0.416 e. The van der Waals surface area contributed by atoms with Crippen molar-refractivity contribution >= 4 is 27.3 Å². The number of rotatable bonds is 3. The van der Waals surface area contributed by atoms with Crippen molar-refractivity contribution < 1.29 is 21.6 Å². The number of alkyl halides is 3. The molecule has 0 aliphatic rings. The summed E-state index contributed by atoms with van der Waals surface area (Å²) in [5.41, 5.74) is -0.853. The predicted octanol–water partition coefficient (Wildman–Crippen LogP) is 3.55. The van der Waals surface area contributed by atoms with Crippen LogP contribution in [0.1, 0.15) is 5.56 Å². The summed E-state index contributed by atoms with van der Waals surface area (Å²) >= 11 is 5.60. The standard InChI is InChI=1S/C12H8ClF3N2O2S/c13-11-7-10(5-6-17-11)21(19,20)18-9-3-1-8(2-4-9)12(14,15)16/h1-7,18H. The molecule has 1 aromatic heterocycles. The number of anilines is 1. The molecule has 0 aliphatic heterocycles. The summed E-state index contributed by atoms with van der Waals surface area (Å²) in [6.45, 7) is 0. The summed E-state index contributed by atoms with van der Waals surface area (Å²) < 4.78 is 63.4. The van der Waals surface area contributed by atoms with Crippen molar-refractivity contribution in [2.24, 2.45) is 0 Å². The Labute approximate surface area is 123 Å². The molecule has 1 aromatic carbocycles. The first-order valence-corrected chi connectivity index (χ1v) is 7.36. The average molecular weight is 337 g/mol. The van der Waals surface area contributed by atoms with Crippen LogP contribution in [0.4, 0.5) is 18.9 Å². The first kappa shape index (κ1) is 15.6. The molecule has 0 fully saturated rings. The summed E-state index contributed by atoms with van der Waals surface area (Å²) in [6.07, 6.45) is -3.26. The number of nitrogens with zero attached hydrogens (tertiary/aromatic N) is 1. The SMILES string of the molecule is O=S(=O)(Nc1ccc(C(F)(F)F)cc1)c1ccnc(Cl)c1. The highest BCUT2D eigenvalue weighted by Gasteiger charge is 2.30. The van der Waals surface area contributed by atoms with E-state index in [1.54, 1.807) is 0 Å². The Morgan fingerprint density at radius 3 is 2.24 bits per heavy atom. The van der Waals surface area contributed by atoms with Gasteiger partial charge in [0.15, 0.2) is 0 Å². The van der Waals surface area contributed by atoms with Crippen molar-refractivity contribution in [1.29, 1.82) is 0 Å². The molecule has 0 atom stereocenters. The highest BCUT2D eigenvalue weighted by Crippen LogP contribution is 2.30. The van der Waals surface area contributed by atoms with E-state index in [0.717, 1.165) is 30.3 Å². The summed E-state index contributed by atoms with van der Waals surface area (Å²) in [6, 6.07) is 5.99. The van der Waals surface area contributed by atoms with Gasteiger partial charge in [-0.15, -0.1) is 0 Å². The third-order valence-corrected chi connectivity index (χ3v) is 4.06. The maximum atomic E-state index is 12.4. The van der Waals surface area contributed by atoms with Crippen LogP contribution in [0.3, 0.4) is 0 Å². The van der Waals surface area contributed by atoms with E-state index in [9.17, 15) is 21.6 Å². The molecule has 0 spiro atoms. The molecule has 2 rings (SSSR count). The van der Waals surface area contributed by atoms with Crippen LogP contribution in [-0.2, 0) is 16.2 Å². The lowest BCUT2D eigenvalue weighted by atomic mass is 10.2. The van der Waals surface area contributed by atoms with E-state index in [-0.39, 0.29) is 15.7 Å². The fourth-order valence-corrected chi connectivity index (χ4v) is 2.80. The second-order valence-corrected chi connectivity index (χ2v) is 6.06. The van der Waals surface area contributed by atoms with Gasteiger partial charge in [0.25, 0.3) is 10.0 Å². The molecule has 1 heterocycles. The van der Waals surface area contributed by atoms with Crippen molar-refractivity contribution in [2.75, 3.05) is 4.72 Å². The number of halogens is 4. The highest BCUT2D eigenvalue weighted by molar-refractivity contribution is 7.92. The molecule has 0 saturated carbocycles. The zero-order valence-corrected chi connectivity index (χ0v) is 11.8. The number of nitrogens with one attached hydrogen (secondary N) is 1. The summed E-state index contributed by atoms with van der Waals surface area (Å²) in [4.78, 5) is 3.51. The highest BCUT2D eigenvalue weighted by atomic mass is 35.5. The van der Waals surface area contributed by atoms with Crippen LogP contribution in [0, 0.1) is 0 Å². The number of pyridine rings is 1. The van der Waals surface area contributed by atoms with E-state index in [2.05, 4.69) is 9.71 Å². The Morgan fingerprint density at radius 2 is 1.71 bits per heavy atom. The van der Waals surface area contributed by atoms with Crippen LogP contribution >= 0.6 is 11.6 Å². The van der Waals surface area contributed by atoms with Gasteiger partial charge in [-0.1, -0.05) is 11.6 Å². The Kier molecular flexibility index (Phi) is 4.11. The summed E-state index contributed by atoms with van der Waals surface area (Å²) in [5.74, 6) is 0. The lowest BCUT2D eigenvalue weighted by molar-refractivity contribution is -0.137. The molecule has 4 nitrogen and oxygen atoms in total. The zero-order chi connectivity index (χ0) is 15.7. The van der Waals surface area contributed by atoms with Gasteiger partial charge in [0, 0.05) is 11.9 Å². The molecule has 21 heavy (non-hydrogen) atoms. The van der Waals surface area contributed by atoms with Gasteiger partial charge in [-0.2, -0.15) is 13.2 Å². The maximum absolute atomic E-state index is 12.4. The van der Waals surface area contributed by atoms with Gasteiger partial charge in [0.05, 0.1) is 10.5 Å². The van der Waals surface area contributed by atoms with E-state index < -0.39 is 21.8 Å². The van der Waals surface area contributed by atoms with Gasteiger partial charge >= 0.3 is 6.18 Å². The fourth-order valence-electron chi connectivity index (χ4n) is 1.49. The van der Waals surface area contributed by atoms with E-state index in [1.165, 1.54) is 12.3 Å². The number of hydrogen-bond donors (Lipinski definition) is 1. The van der Waals surface area contributed by atoms with Crippen LogP contribution in [0.15, 0.2) is 47.5 Å². The summed E-state index contributed by atoms with van der Waals surface area (Å²) in [5, 5.41) is -0.00899.